The Balaban J connectivity index is 4.65. The molecule has 0 saturated heterocycles. The van der Waals surface area contributed by atoms with Crippen molar-refractivity contribution < 1.29 is 0 Å². The van der Waals surface area contributed by atoms with Gasteiger partial charge in [0.2, 0.25) is 0 Å². The second-order valence-electron chi connectivity index (χ2n) is 15.5. The summed E-state index contributed by atoms with van der Waals surface area (Å²) in [6.07, 6.45) is 0. The third kappa shape index (κ3) is 96.7. The van der Waals surface area contributed by atoms with Crippen LogP contribution in [0.25, 0.3) is 0 Å². The Morgan fingerprint density at radius 1 is 0.0640 bits per heavy atom. The first-order valence-corrected chi connectivity index (χ1v) is 31.2. The lowest BCUT2D eigenvalue weighted by molar-refractivity contribution is 1.55. The van der Waals surface area contributed by atoms with Gasteiger partial charge < -0.3 is 0 Å². The predicted molar refractivity (Wildman–Crippen MR) is 486 cm³/mol. The van der Waals surface area contributed by atoms with Gasteiger partial charge in [-0.05, 0) is 54.3 Å². The van der Waals surface area contributed by atoms with Crippen LogP contribution in [0.5, 0.6) is 0 Å². The van der Waals surface area contributed by atoms with Crippen LogP contribution in [0.2, 0.25) is 0 Å². The van der Waals surface area contributed by atoms with Crippen molar-refractivity contribution in [2.45, 2.75) is 6.92 Å². The van der Waals surface area contributed by atoms with Gasteiger partial charge in [-0.3, -0.25) is 0 Å². The SMILES string of the molecule is CC#CC#CC#CC#CC#CC#CC#CC#CC#CC#CC#CC#CC#CC#CC#CC#CC#CC#CC#CC#CC#CC#CC#CC#CC#CC#CC#CC#CC#CC#CC#CC#CC#CC#CC#CC#CC#CC#CC#CC#CC#CC#CC#CC#CC#CC#CC#CC#CC#CC#CC#CC#CC#CC#CC#CC#CC#CC#CC#CC#CC#CC#N. The van der Waals surface area contributed by atoms with Gasteiger partial charge in [-0.2, -0.15) is 5.26 Å². The molecule has 0 amide bonds. The van der Waals surface area contributed by atoms with E-state index >= 15 is 0 Å². The summed E-state index contributed by atoms with van der Waals surface area (Å²) in [4.78, 5) is 0. The van der Waals surface area contributed by atoms with E-state index in [1.165, 1.54) is 0 Å². The molecule has 0 saturated carbocycles. The van der Waals surface area contributed by atoms with E-state index in [4.69, 9.17) is 5.26 Å². The molecule has 1 heteroatoms. The molecule has 0 bridgehead atoms. The number of rotatable bonds is 0. The smallest absolute Gasteiger partial charge is 0.153 e. The van der Waals surface area contributed by atoms with Gasteiger partial charge in [0.05, 0.1) is 0 Å². The Bertz CT molecular complexity index is 8760. The van der Waals surface area contributed by atoms with E-state index < -0.39 is 0 Å². The van der Waals surface area contributed by atoms with Crippen molar-refractivity contribution >= 4 is 0 Å². The average molecular weight is 1510 g/mol. The first-order chi connectivity index (χ1) is 62.4. The Kier molecular flexibility index (Phi) is 75.5. The van der Waals surface area contributed by atoms with E-state index in [0.29, 0.717) is 0 Å². The van der Waals surface area contributed by atoms with Crippen molar-refractivity contribution in [3.05, 3.63) is 0 Å². The molecule has 0 heterocycles. The molecule has 0 atom stereocenters. The highest BCUT2D eigenvalue weighted by Gasteiger charge is 1.70. The van der Waals surface area contributed by atoms with E-state index in [1.54, 1.807) is 13.0 Å². The molecule has 0 aliphatic heterocycles. The van der Waals surface area contributed by atoms with Crippen LogP contribution < -0.4 is 0 Å². The van der Waals surface area contributed by atoms with Gasteiger partial charge in [0.15, 0.2) is 6.07 Å². The number of nitrogens with zero attached hydrogens (tertiary/aromatic N) is 1. The van der Waals surface area contributed by atoms with Crippen molar-refractivity contribution in [1.82, 2.24) is 0 Å². The van der Waals surface area contributed by atoms with E-state index in [-0.39, 0.29) is 0 Å². The number of nitriles is 1. The molecule has 0 aromatic rings. The lowest BCUT2D eigenvalue weighted by Gasteiger charge is -1.58. The van der Waals surface area contributed by atoms with Gasteiger partial charge in [0.1, 0.15) is 0 Å². The van der Waals surface area contributed by atoms with Crippen molar-refractivity contribution in [1.29, 1.82) is 5.26 Å². The first-order valence-electron chi connectivity index (χ1n) is 31.2. The molecule has 1 nitrogen and oxygen atoms in total. The Morgan fingerprint density at radius 2 is 0.104 bits per heavy atom. The largest absolute Gasteiger partial charge is 0.183 e. The minimum Gasteiger partial charge on any atom is -0.183 e. The van der Waals surface area contributed by atoms with Crippen LogP contribution in [0.3, 0.4) is 0 Å². The maximum absolute atomic E-state index is 8.23. The Hall–Kier alpha value is -27.3. The predicted octanol–water partition coefficient (Wildman–Crippen LogP) is 0.737. The fourth-order valence-corrected chi connectivity index (χ4v) is 3.81. The van der Waals surface area contributed by atoms with Crippen LogP contribution in [-0.4, -0.2) is 0 Å². The summed E-state index contributed by atoms with van der Waals surface area (Å²) in [7, 11) is 0. The van der Waals surface area contributed by atoms with Crippen LogP contribution in [0.4, 0.5) is 0 Å². The van der Waals surface area contributed by atoms with Gasteiger partial charge >= 0.3 is 0 Å². The Morgan fingerprint density at radius 3 is 0.144 bits per heavy atom. The maximum atomic E-state index is 8.23. The summed E-state index contributed by atoms with van der Waals surface area (Å²) in [6.45, 7) is 1.68. The molecular formula is C124H3N. The zero-order valence-corrected chi connectivity index (χ0v) is 62.9. The summed E-state index contributed by atoms with van der Waals surface area (Å²) in [5, 5.41) is 8.23. The van der Waals surface area contributed by atoms with Crippen LogP contribution in [0.1, 0.15) is 6.92 Å². The molecule has 0 fully saturated rings. The normalized spacial score (nSPS) is 3.97. The summed E-state index contributed by atoms with van der Waals surface area (Å²) in [5.74, 6) is 304. The highest BCUT2D eigenvalue weighted by atomic mass is 14.2. The zero-order valence-electron chi connectivity index (χ0n) is 62.9. The third-order valence-corrected chi connectivity index (χ3v) is 7.68. The highest BCUT2D eigenvalue weighted by molar-refractivity contribution is 5.58. The van der Waals surface area contributed by atoms with Crippen molar-refractivity contribution in [3.8, 4) is 728 Å². The molecular weight excluding hydrogens is 1500 g/mol. The number of hydrogen-bond acceptors (Lipinski definition) is 1. The lowest BCUT2D eigenvalue weighted by Crippen LogP contribution is -1.57. The van der Waals surface area contributed by atoms with Crippen LogP contribution in [0.15, 0.2) is 0 Å². The molecule has 0 rings (SSSR count). The van der Waals surface area contributed by atoms with Gasteiger partial charge in [-0.1, -0.05) is 5.92 Å². The third-order valence-electron chi connectivity index (χ3n) is 7.68. The molecule has 0 spiro atoms. The van der Waals surface area contributed by atoms with Crippen molar-refractivity contribution in [3.63, 3.8) is 0 Å². The van der Waals surface area contributed by atoms with Crippen LogP contribution in [-0.2, 0) is 0 Å². The highest BCUT2D eigenvalue weighted by Crippen LogP contribution is 1.70. The second-order valence-corrected chi connectivity index (χ2v) is 15.5. The molecule has 0 aromatic carbocycles. The van der Waals surface area contributed by atoms with Gasteiger partial charge in [0.25, 0.3) is 0 Å². The average Bonchev–Trinajstić information content (AvgIpc) is 1.66. The zero-order chi connectivity index (χ0) is 89.0. The fraction of sp³-hybridized carbons (Fsp3) is 0.00806. The summed E-state index contributed by atoms with van der Waals surface area (Å²) >= 11 is 0. The van der Waals surface area contributed by atoms with Gasteiger partial charge in [-0.25, -0.2) is 0 Å². The first kappa shape index (κ1) is 97.7. The Labute approximate surface area is 735 Å². The second kappa shape index (κ2) is 96.7. The number of hydrogen-bond donors (Lipinski definition) is 0. The maximum Gasteiger partial charge on any atom is 0.153 e. The monoisotopic (exact) mass is 1510 g/mol. The molecule has 0 radical (unpaired) electrons. The standard InChI is InChI=1S/C124H3N/c1-2-3-4-5-6-7-8-9-10-11-12-13-14-15-16-17-18-19-20-21-22-23-24-25-26-27-28-29-30-31-32-33-34-35-36-37-38-39-40-41-42-43-44-45-46-47-48-49-50-51-52-53-54-55-56-57-58-59-60-61-62-63-64-65-66-67-68-69-70-71-72-73-74-75-76-77-78-79-80-81-82-83-84-85-86-87-88-89-90-91-92-93-94-95-96-97-98-99-100-101-102-103-104-105-106-107-108-109-110-111-112-113-114-115-116-117-118-119-120-121-122-123-124-125/h1H3. The topological polar surface area (TPSA) is 23.8 Å². The van der Waals surface area contributed by atoms with E-state index in [1.807, 2.05) is 0 Å². The van der Waals surface area contributed by atoms with E-state index in [2.05, 4.69) is 722 Å². The minimum absolute atomic E-state index is 1.63. The molecule has 504 valence electrons. The molecule has 0 unspecified atom stereocenters. The molecule has 0 aliphatic carbocycles. The van der Waals surface area contributed by atoms with Crippen LogP contribution in [0, 0.1) is 734 Å². The molecule has 0 aromatic heterocycles. The molecule has 125 heavy (non-hydrogen) atoms. The van der Waals surface area contributed by atoms with Crippen molar-refractivity contribution in [2.24, 2.45) is 0 Å². The summed E-state index contributed by atoms with van der Waals surface area (Å²) in [6, 6.07) is 1.63. The lowest BCUT2D eigenvalue weighted by atomic mass is 10.4. The quantitative estimate of drug-likeness (QED) is 0.329. The summed E-state index contributed by atoms with van der Waals surface area (Å²) in [5.41, 5.74) is 0. The summed E-state index contributed by atoms with van der Waals surface area (Å²) < 4.78 is 0. The van der Waals surface area contributed by atoms with E-state index in [0.717, 1.165) is 0 Å². The molecule has 0 N–H and O–H groups in total. The van der Waals surface area contributed by atoms with Gasteiger partial charge in [0, 0.05) is 669 Å². The minimum atomic E-state index is 1.63. The molecule has 0 aliphatic rings. The van der Waals surface area contributed by atoms with E-state index in [9.17, 15) is 0 Å². The van der Waals surface area contributed by atoms with Gasteiger partial charge in [-0.15, -0.1) is 0 Å². The van der Waals surface area contributed by atoms with Crippen LogP contribution >= 0.6 is 0 Å². The van der Waals surface area contributed by atoms with Crippen molar-refractivity contribution in [2.75, 3.05) is 0 Å². The fourth-order valence-electron chi connectivity index (χ4n) is 3.81.